The molecule has 86 valence electrons. The van der Waals surface area contributed by atoms with E-state index in [1.54, 1.807) is 6.07 Å². The Morgan fingerprint density at radius 2 is 2.06 bits per heavy atom. The average Bonchev–Trinajstić information content (AvgIpc) is 2.21. The van der Waals surface area contributed by atoms with Gasteiger partial charge in [-0.25, -0.2) is 4.39 Å². The van der Waals surface area contributed by atoms with E-state index in [1.807, 2.05) is 0 Å². The fourth-order valence-electron chi connectivity index (χ4n) is 1.09. The average molecular weight is 225 g/mol. The van der Waals surface area contributed by atoms with E-state index in [9.17, 15) is 14.0 Å². The van der Waals surface area contributed by atoms with Crippen LogP contribution < -0.4 is 5.73 Å². The van der Waals surface area contributed by atoms with Gasteiger partial charge in [-0.1, -0.05) is 18.2 Å². The fraction of sp³-hybridized carbons (Fsp3) is 0.273. The molecule has 2 N–H and O–H groups in total. The van der Waals surface area contributed by atoms with Gasteiger partial charge in [-0.2, -0.15) is 0 Å². The van der Waals surface area contributed by atoms with Gasteiger partial charge in [0.25, 0.3) is 5.91 Å². The molecule has 1 aromatic carbocycles. The van der Waals surface area contributed by atoms with Crippen LogP contribution in [0.1, 0.15) is 12.5 Å². The summed E-state index contributed by atoms with van der Waals surface area (Å²) in [6, 6.07) is 5.87. The molecule has 1 unspecified atom stereocenters. The highest BCUT2D eigenvalue weighted by molar-refractivity contribution is 5.82. The minimum atomic E-state index is -1.00. The number of ether oxygens (including phenoxy) is 1. The van der Waals surface area contributed by atoms with Crippen molar-refractivity contribution in [3.8, 4) is 0 Å². The van der Waals surface area contributed by atoms with Crippen LogP contribution in [0.2, 0.25) is 0 Å². The smallest absolute Gasteiger partial charge is 0.311 e. The van der Waals surface area contributed by atoms with Gasteiger partial charge in [0, 0.05) is 0 Å². The van der Waals surface area contributed by atoms with E-state index in [0.717, 1.165) is 0 Å². The lowest BCUT2D eigenvalue weighted by Crippen LogP contribution is -2.31. The van der Waals surface area contributed by atoms with E-state index in [4.69, 9.17) is 10.5 Å². The van der Waals surface area contributed by atoms with Crippen LogP contribution >= 0.6 is 0 Å². The lowest BCUT2D eigenvalue weighted by molar-refractivity contribution is -0.153. The van der Waals surface area contributed by atoms with E-state index >= 15 is 0 Å². The van der Waals surface area contributed by atoms with Gasteiger partial charge >= 0.3 is 5.97 Å². The summed E-state index contributed by atoms with van der Waals surface area (Å²) in [4.78, 5) is 21.9. The van der Waals surface area contributed by atoms with Crippen molar-refractivity contribution in [2.45, 2.75) is 19.4 Å². The van der Waals surface area contributed by atoms with Crippen LogP contribution in [0.15, 0.2) is 24.3 Å². The first-order valence-corrected chi connectivity index (χ1v) is 4.73. The van der Waals surface area contributed by atoms with Crippen molar-refractivity contribution >= 4 is 11.9 Å². The molecule has 0 bridgehead atoms. The van der Waals surface area contributed by atoms with Crippen LogP contribution in [0.25, 0.3) is 0 Å². The van der Waals surface area contributed by atoms with Crippen molar-refractivity contribution in [3.05, 3.63) is 35.6 Å². The quantitative estimate of drug-likeness (QED) is 0.770. The molecule has 0 spiro atoms. The number of amides is 1. The van der Waals surface area contributed by atoms with Crippen LogP contribution in [-0.2, 0) is 20.7 Å². The predicted molar refractivity (Wildman–Crippen MR) is 54.9 cm³/mol. The normalized spacial score (nSPS) is 11.9. The van der Waals surface area contributed by atoms with Crippen molar-refractivity contribution in [2.24, 2.45) is 5.73 Å². The van der Waals surface area contributed by atoms with Crippen LogP contribution in [0.3, 0.4) is 0 Å². The zero-order valence-corrected chi connectivity index (χ0v) is 8.77. The highest BCUT2D eigenvalue weighted by atomic mass is 19.1. The summed E-state index contributed by atoms with van der Waals surface area (Å²) in [6.45, 7) is 1.36. The van der Waals surface area contributed by atoms with Crippen molar-refractivity contribution < 1.29 is 18.7 Å². The SMILES string of the molecule is CC(OC(=O)Cc1ccccc1F)C(N)=O. The van der Waals surface area contributed by atoms with Gasteiger partial charge in [0.05, 0.1) is 6.42 Å². The molecule has 0 saturated carbocycles. The Kier molecular flexibility index (Phi) is 3.99. The Morgan fingerprint density at radius 1 is 1.44 bits per heavy atom. The van der Waals surface area contributed by atoms with Gasteiger partial charge in [0.15, 0.2) is 6.10 Å². The Hall–Kier alpha value is -1.91. The Balaban J connectivity index is 2.59. The van der Waals surface area contributed by atoms with Crippen molar-refractivity contribution in [1.82, 2.24) is 0 Å². The van der Waals surface area contributed by atoms with Crippen molar-refractivity contribution in [3.63, 3.8) is 0 Å². The van der Waals surface area contributed by atoms with Gasteiger partial charge in [-0.3, -0.25) is 9.59 Å². The molecular formula is C11H12FNO3. The number of hydrogen-bond acceptors (Lipinski definition) is 3. The summed E-state index contributed by atoms with van der Waals surface area (Å²) in [7, 11) is 0. The second kappa shape index (κ2) is 5.25. The second-order valence-corrected chi connectivity index (χ2v) is 3.30. The Bertz CT molecular complexity index is 406. The number of halogens is 1. The largest absolute Gasteiger partial charge is 0.452 e. The van der Waals surface area contributed by atoms with Crippen LogP contribution in [-0.4, -0.2) is 18.0 Å². The third-order valence-electron chi connectivity index (χ3n) is 2.00. The molecule has 0 aromatic heterocycles. The fourth-order valence-corrected chi connectivity index (χ4v) is 1.09. The summed E-state index contributed by atoms with van der Waals surface area (Å²) >= 11 is 0. The minimum Gasteiger partial charge on any atom is -0.452 e. The summed E-state index contributed by atoms with van der Waals surface area (Å²) < 4.78 is 17.8. The number of esters is 1. The highest BCUT2D eigenvalue weighted by Gasteiger charge is 2.15. The minimum absolute atomic E-state index is 0.218. The van der Waals surface area contributed by atoms with E-state index < -0.39 is 23.8 Å². The molecule has 0 heterocycles. The summed E-state index contributed by atoms with van der Waals surface area (Å²) in [6.07, 6.45) is -1.22. The third-order valence-corrected chi connectivity index (χ3v) is 2.00. The number of carbonyl (C=O) groups is 2. The maximum absolute atomic E-state index is 13.1. The maximum atomic E-state index is 13.1. The van der Waals surface area contributed by atoms with Crippen molar-refractivity contribution in [1.29, 1.82) is 0 Å². The van der Waals surface area contributed by atoms with Gasteiger partial charge in [0.1, 0.15) is 5.82 Å². The van der Waals surface area contributed by atoms with Gasteiger partial charge in [-0.15, -0.1) is 0 Å². The molecule has 0 aliphatic rings. The van der Waals surface area contributed by atoms with Gasteiger partial charge in [-0.05, 0) is 18.6 Å². The predicted octanol–water partition coefficient (Wildman–Crippen LogP) is 0.785. The highest BCUT2D eigenvalue weighted by Crippen LogP contribution is 2.08. The molecule has 5 heteroatoms. The lowest BCUT2D eigenvalue weighted by atomic mass is 10.1. The number of rotatable bonds is 4. The lowest BCUT2D eigenvalue weighted by Gasteiger charge is -2.09. The molecule has 0 aliphatic carbocycles. The molecule has 0 saturated heterocycles. The summed E-state index contributed by atoms with van der Waals surface area (Å²) in [5.41, 5.74) is 5.14. The molecule has 0 fully saturated rings. The van der Waals surface area contributed by atoms with E-state index in [-0.39, 0.29) is 12.0 Å². The van der Waals surface area contributed by atoms with Crippen molar-refractivity contribution in [2.75, 3.05) is 0 Å². The molecule has 1 aromatic rings. The van der Waals surface area contributed by atoms with Gasteiger partial charge in [0.2, 0.25) is 0 Å². The molecule has 0 aliphatic heterocycles. The van der Waals surface area contributed by atoms with E-state index in [2.05, 4.69) is 0 Å². The van der Waals surface area contributed by atoms with Crippen LogP contribution in [0.5, 0.6) is 0 Å². The molecule has 1 rings (SSSR count). The third kappa shape index (κ3) is 3.34. The molecule has 1 atom stereocenters. The van der Waals surface area contributed by atoms with Gasteiger partial charge < -0.3 is 10.5 Å². The standard InChI is InChI=1S/C11H12FNO3/c1-7(11(13)15)16-10(14)6-8-4-2-3-5-9(8)12/h2-5,7H,6H2,1H3,(H2,13,15). The number of nitrogens with two attached hydrogens (primary N) is 1. The summed E-state index contributed by atoms with van der Waals surface area (Å²) in [5, 5.41) is 0. The Labute approximate surface area is 92.2 Å². The first-order chi connectivity index (χ1) is 7.50. The zero-order chi connectivity index (χ0) is 12.1. The molecule has 1 amide bonds. The van der Waals surface area contributed by atoms with Crippen LogP contribution in [0.4, 0.5) is 4.39 Å². The first kappa shape index (κ1) is 12.2. The Morgan fingerprint density at radius 3 is 2.62 bits per heavy atom. The van der Waals surface area contributed by atoms with E-state index in [1.165, 1.54) is 25.1 Å². The van der Waals surface area contributed by atoms with Crippen LogP contribution in [0, 0.1) is 5.82 Å². The number of hydrogen-bond donors (Lipinski definition) is 1. The van der Waals surface area contributed by atoms with E-state index in [0.29, 0.717) is 0 Å². The number of carbonyl (C=O) groups excluding carboxylic acids is 2. The molecular weight excluding hydrogens is 213 g/mol. The topological polar surface area (TPSA) is 69.4 Å². The second-order valence-electron chi connectivity index (χ2n) is 3.30. The first-order valence-electron chi connectivity index (χ1n) is 4.73. The number of primary amides is 1. The molecule has 16 heavy (non-hydrogen) atoms. The molecule has 0 radical (unpaired) electrons. The summed E-state index contributed by atoms with van der Waals surface area (Å²) in [5.74, 6) is -1.90. The zero-order valence-electron chi connectivity index (χ0n) is 8.77. The monoisotopic (exact) mass is 225 g/mol. The number of benzene rings is 1. The maximum Gasteiger partial charge on any atom is 0.311 e. The molecule has 4 nitrogen and oxygen atoms in total.